The lowest BCUT2D eigenvalue weighted by Crippen LogP contribution is -2.40. The molecule has 0 amide bonds. The Morgan fingerprint density at radius 1 is 1.00 bits per heavy atom. The molecule has 0 aliphatic carbocycles. The fourth-order valence-corrected chi connectivity index (χ4v) is 4.63. The molecule has 0 spiro atoms. The van der Waals surface area contributed by atoms with E-state index in [0.29, 0.717) is 5.56 Å². The van der Waals surface area contributed by atoms with Crippen molar-refractivity contribution in [3.05, 3.63) is 78.0 Å². The first-order valence-corrected chi connectivity index (χ1v) is 13.2. The quantitative estimate of drug-likeness (QED) is 0.431. The van der Waals surface area contributed by atoms with Gasteiger partial charge in [0.2, 0.25) is 0 Å². The van der Waals surface area contributed by atoms with Crippen molar-refractivity contribution in [3.63, 3.8) is 0 Å². The molecule has 3 aromatic rings. The molecule has 3 heteroatoms. The van der Waals surface area contributed by atoms with Crippen molar-refractivity contribution in [2.45, 2.75) is 30.9 Å². The van der Waals surface area contributed by atoms with E-state index in [4.69, 9.17) is 7.73 Å². The van der Waals surface area contributed by atoms with E-state index in [1.165, 1.54) is 4.90 Å². The second kappa shape index (κ2) is 7.59. The summed E-state index contributed by atoms with van der Waals surface area (Å²) in [5.74, 6) is 0. The van der Waals surface area contributed by atoms with E-state index in [2.05, 4.69) is 38.0 Å². The summed E-state index contributed by atoms with van der Waals surface area (Å²) in [6.07, 6.45) is 2.40. The van der Waals surface area contributed by atoms with Crippen LogP contribution in [-0.2, 0) is 6.37 Å². The number of thioether (sulfide) groups is 1. The van der Waals surface area contributed by atoms with Crippen molar-refractivity contribution < 1.29 is 2.74 Å². The molecule has 0 N–H and O–H groups in total. The molecule has 1 nitrogen and oxygen atoms in total. The Hall–Kier alpha value is -1.84. The van der Waals surface area contributed by atoms with Gasteiger partial charge in [0.25, 0.3) is 0 Å². The molecule has 128 valence electrons. The van der Waals surface area contributed by atoms with Gasteiger partial charge in [0.15, 0.2) is 0 Å². The highest BCUT2D eigenvalue weighted by atomic mass is 32.2. The summed E-state index contributed by atoms with van der Waals surface area (Å²) in [4.78, 5) is 5.89. The van der Waals surface area contributed by atoms with Crippen molar-refractivity contribution in [1.29, 1.82) is 0 Å². The Morgan fingerprint density at radius 2 is 1.76 bits per heavy atom. The maximum atomic E-state index is 8.92. The fraction of sp³-hybridized carbons (Fsp3) is 0.227. The van der Waals surface area contributed by atoms with Crippen LogP contribution in [-0.4, -0.2) is 19.3 Å². The van der Waals surface area contributed by atoms with E-state index in [1.807, 2.05) is 54.7 Å². The third-order valence-electron chi connectivity index (χ3n) is 4.13. The Morgan fingerprint density at radius 3 is 2.44 bits per heavy atom. The second-order valence-corrected chi connectivity index (χ2v) is 13.0. The van der Waals surface area contributed by atoms with E-state index in [1.54, 1.807) is 11.8 Å². The minimum atomic E-state index is -1.77. The fourth-order valence-electron chi connectivity index (χ4n) is 2.77. The normalized spacial score (nSPS) is 13.3. The summed E-state index contributed by atoms with van der Waals surface area (Å²) >= 11 is 1.70. The average molecular weight is 366 g/mol. The summed E-state index contributed by atoms with van der Waals surface area (Å²) in [7, 11) is -1.77. The predicted molar refractivity (Wildman–Crippen MR) is 114 cm³/mol. The molecule has 0 saturated heterocycles. The SMILES string of the molecule is [2H]C([2H])(c1ccccc1)c1cc(-c2cccc(SC)c2)ncc1[Si](C)(C)C. The molecular formula is C22H25NSSi. The van der Waals surface area contributed by atoms with Crippen molar-refractivity contribution in [3.8, 4) is 11.3 Å². The molecule has 0 unspecified atom stereocenters. The predicted octanol–water partition coefficient (Wildman–Crippen LogP) is 5.61. The third kappa shape index (κ3) is 4.41. The lowest BCUT2D eigenvalue weighted by atomic mass is 10.0. The van der Waals surface area contributed by atoms with Crippen molar-refractivity contribution >= 4 is 25.0 Å². The maximum Gasteiger partial charge on any atom is 0.0799 e. The van der Waals surface area contributed by atoms with Gasteiger partial charge in [-0.3, -0.25) is 4.98 Å². The summed E-state index contributed by atoms with van der Waals surface area (Å²) in [5, 5.41) is 1.07. The van der Waals surface area contributed by atoms with Crippen LogP contribution in [0.25, 0.3) is 11.3 Å². The number of aromatic nitrogens is 1. The van der Waals surface area contributed by atoms with Crippen LogP contribution in [0.15, 0.2) is 71.8 Å². The average Bonchev–Trinajstić information content (AvgIpc) is 2.67. The number of nitrogens with zero attached hydrogens (tertiary/aromatic N) is 1. The van der Waals surface area contributed by atoms with Gasteiger partial charge in [-0.2, -0.15) is 0 Å². The first-order chi connectivity index (χ1) is 12.7. The van der Waals surface area contributed by atoms with Gasteiger partial charge in [0.05, 0.1) is 13.8 Å². The minimum Gasteiger partial charge on any atom is -0.256 e. The Balaban J connectivity index is 2.20. The first-order valence-electron chi connectivity index (χ1n) is 9.44. The zero-order valence-electron chi connectivity index (χ0n) is 17.2. The topological polar surface area (TPSA) is 12.9 Å². The van der Waals surface area contributed by atoms with Gasteiger partial charge in [-0.1, -0.05) is 62.1 Å². The van der Waals surface area contributed by atoms with Crippen LogP contribution in [0.1, 0.15) is 13.9 Å². The van der Waals surface area contributed by atoms with Crippen LogP contribution in [0.4, 0.5) is 0 Å². The van der Waals surface area contributed by atoms with Crippen molar-refractivity contribution in [1.82, 2.24) is 4.98 Å². The number of rotatable bonds is 5. The minimum absolute atomic E-state index is 0.680. The molecule has 0 atom stereocenters. The summed E-state index contributed by atoms with van der Waals surface area (Å²) in [5.41, 5.74) is 3.27. The molecular weight excluding hydrogens is 338 g/mol. The number of benzene rings is 2. The van der Waals surface area contributed by atoms with Crippen molar-refractivity contribution in [2.24, 2.45) is 0 Å². The zero-order chi connectivity index (χ0) is 19.7. The maximum absolute atomic E-state index is 8.92. The van der Waals surface area contributed by atoms with Gasteiger partial charge < -0.3 is 0 Å². The highest BCUT2D eigenvalue weighted by Gasteiger charge is 2.21. The van der Waals surface area contributed by atoms with Gasteiger partial charge in [-0.05, 0) is 47.1 Å². The third-order valence-corrected chi connectivity index (χ3v) is 6.87. The molecule has 25 heavy (non-hydrogen) atoms. The highest BCUT2D eigenvalue weighted by Crippen LogP contribution is 2.24. The lowest BCUT2D eigenvalue weighted by Gasteiger charge is -2.21. The van der Waals surface area contributed by atoms with Crippen LogP contribution in [0.2, 0.25) is 19.6 Å². The summed E-state index contributed by atoms with van der Waals surface area (Å²) in [6.45, 7) is 6.72. The molecule has 2 aromatic carbocycles. The second-order valence-electron chi connectivity index (χ2n) is 7.09. The molecule has 1 aromatic heterocycles. The molecule has 1 heterocycles. The van der Waals surface area contributed by atoms with Gasteiger partial charge in [0, 0.05) is 19.4 Å². The van der Waals surface area contributed by atoms with Crippen LogP contribution in [0.3, 0.4) is 0 Å². The smallest absolute Gasteiger partial charge is 0.0799 e. The standard InChI is InChI=1S/C22H25NSSi/c1-24-20-12-8-11-18(14-20)21-15-19(13-17-9-6-5-7-10-17)22(16-23-21)25(2,3)4/h5-12,14-16H,13H2,1-4H3/i13D2. The summed E-state index contributed by atoms with van der Waals surface area (Å²) < 4.78 is 17.8. The monoisotopic (exact) mass is 365 g/mol. The van der Waals surface area contributed by atoms with Gasteiger partial charge in [0.1, 0.15) is 0 Å². The van der Waals surface area contributed by atoms with E-state index in [-0.39, 0.29) is 0 Å². The number of hydrogen-bond acceptors (Lipinski definition) is 2. The van der Waals surface area contributed by atoms with Gasteiger partial charge >= 0.3 is 0 Å². The molecule has 0 aliphatic heterocycles. The van der Waals surface area contributed by atoms with E-state index >= 15 is 0 Å². The Labute approximate surface area is 159 Å². The lowest BCUT2D eigenvalue weighted by molar-refractivity contribution is 1.18. The van der Waals surface area contributed by atoms with Gasteiger partial charge in [-0.15, -0.1) is 11.8 Å². The Bertz CT molecular complexity index is 937. The zero-order valence-corrected chi connectivity index (χ0v) is 17.0. The molecule has 0 aliphatic rings. The van der Waals surface area contributed by atoms with E-state index in [0.717, 1.165) is 22.0 Å². The van der Waals surface area contributed by atoms with E-state index in [9.17, 15) is 0 Å². The van der Waals surface area contributed by atoms with Crippen LogP contribution < -0.4 is 5.19 Å². The molecule has 0 radical (unpaired) electrons. The Kier molecular flexibility index (Phi) is 4.68. The highest BCUT2D eigenvalue weighted by molar-refractivity contribution is 7.98. The first kappa shape index (κ1) is 15.4. The van der Waals surface area contributed by atoms with Crippen LogP contribution in [0.5, 0.6) is 0 Å². The largest absolute Gasteiger partial charge is 0.256 e. The number of hydrogen-bond donors (Lipinski definition) is 0. The van der Waals surface area contributed by atoms with Gasteiger partial charge in [-0.25, -0.2) is 0 Å². The molecule has 0 saturated carbocycles. The molecule has 3 rings (SSSR count). The molecule has 0 bridgehead atoms. The molecule has 0 fully saturated rings. The van der Waals surface area contributed by atoms with E-state index < -0.39 is 14.4 Å². The van der Waals surface area contributed by atoms with Crippen LogP contribution in [0, 0.1) is 0 Å². The summed E-state index contributed by atoms with van der Waals surface area (Å²) in [6, 6.07) is 19.7. The number of pyridine rings is 1. The van der Waals surface area contributed by atoms with Crippen LogP contribution >= 0.6 is 11.8 Å². The van der Waals surface area contributed by atoms with Crippen molar-refractivity contribution in [2.75, 3.05) is 6.26 Å².